The lowest BCUT2D eigenvalue weighted by Gasteiger charge is -2.19. The molecule has 132 valence electrons. The Morgan fingerprint density at radius 2 is 1.96 bits per heavy atom. The highest BCUT2D eigenvalue weighted by Crippen LogP contribution is 2.40. The Balaban J connectivity index is 1.83. The first-order valence-corrected chi connectivity index (χ1v) is 9.85. The molecule has 0 saturated carbocycles. The predicted octanol–water partition coefficient (Wildman–Crippen LogP) is 4.53. The fourth-order valence-corrected chi connectivity index (χ4v) is 3.34. The van der Waals surface area contributed by atoms with Crippen LogP contribution in [-0.2, 0) is 0 Å². The summed E-state index contributed by atoms with van der Waals surface area (Å²) in [6.45, 7) is 0. The molecule has 1 aliphatic heterocycles. The molecule has 1 aromatic heterocycles. The van der Waals surface area contributed by atoms with Crippen LogP contribution < -0.4 is 14.8 Å². The number of fused-ring (bicyclic) bond motifs is 3. The SMILES string of the molecule is COc1ccc(C2Nc3ccc(Br)cc3-c3nnc(SC)nc3O2)cc1. The molecule has 2 heterocycles. The lowest BCUT2D eigenvalue weighted by atomic mass is 10.1. The summed E-state index contributed by atoms with van der Waals surface area (Å²) in [7, 11) is 1.65. The molecule has 0 amide bonds. The van der Waals surface area contributed by atoms with E-state index in [1.165, 1.54) is 11.8 Å². The Hall–Kier alpha value is -2.32. The molecule has 4 rings (SSSR count). The lowest BCUT2D eigenvalue weighted by molar-refractivity contribution is 0.225. The standard InChI is InChI=1S/C18H15BrN4O2S/c1-24-12-6-3-10(4-7-12)16-20-14-8-5-11(19)9-13(14)15-17(25-16)21-18(26-2)23-22-15/h3-9,16,20H,1-2H3. The molecule has 1 aliphatic rings. The Kier molecular flexibility index (Phi) is 4.69. The molecule has 0 bridgehead atoms. The van der Waals surface area contributed by atoms with E-state index >= 15 is 0 Å². The topological polar surface area (TPSA) is 69.2 Å². The Morgan fingerprint density at radius 1 is 1.15 bits per heavy atom. The van der Waals surface area contributed by atoms with Gasteiger partial charge in [-0.05, 0) is 48.7 Å². The van der Waals surface area contributed by atoms with Crippen LogP contribution in [0.5, 0.6) is 11.6 Å². The second-order valence-corrected chi connectivity index (χ2v) is 7.25. The van der Waals surface area contributed by atoms with Crippen LogP contribution in [-0.4, -0.2) is 28.5 Å². The van der Waals surface area contributed by atoms with Crippen molar-refractivity contribution in [3.8, 4) is 22.9 Å². The molecule has 8 heteroatoms. The zero-order valence-corrected chi connectivity index (χ0v) is 16.5. The molecule has 3 aromatic rings. The number of ether oxygens (including phenoxy) is 2. The number of rotatable bonds is 3. The van der Waals surface area contributed by atoms with E-state index < -0.39 is 6.23 Å². The van der Waals surface area contributed by atoms with Crippen molar-refractivity contribution in [1.82, 2.24) is 15.2 Å². The van der Waals surface area contributed by atoms with Gasteiger partial charge >= 0.3 is 0 Å². The van der Waals surface area contributed by atoms with Gasteiger partial charge in [-0.1, -0.05) is 27.7 Å². The number of anilines is 1. The molecule has 0 radical (unpaired) electrons. The number of halogens is 1. The van der Waals surface area contributed by atoms with Crippen molar-refractivity contribution in [3.05, 3.63) is 52.5 Å². The van der Waals surface area contributed by atoms with Gasteiger partial charge in [-0.25, -0.2) is 0 Å². The van der Waals surface area contributed by atoms with E-state index in [9.17, 15) is 0 Å². The maximum absolute atomic E-state index is 6.19. The maximum atomic E-state index is 6.19. The number of benzene rings is 2. The van der Waals surface area contributed by atoms with E-state index in [0.717, 1.165) is 27.0 Å². The third-order valence-corrected chi connectivity index (χ3v) is 5.02. The van der Waals surface area contributed by atoms with Gasteiger partial charge in [0.25, 0.3) is 0 Å². The highest BCUT2D eigenvalue weighted by Gasteiger charge is 2.26. The maximum Gasteiger partial charge on any atom is 0.247 e. The summed E-state index contributed by atoms with van der Waals surface area (Å²) in [5.41, 5.74) is 3.36. The van der Waals surface area contributed by atoms with Crippen LogP contribution in [0.15, 0.2) is 52.1 Å². The van der Waals surface area contributed by atoms with Gasteiger partial charge in [-0.15, -0.1) is 10.2 Å². The van der Waals surface area contributed by atoms with E-state index in [1.54, 1.807) is 7.11 Å². The zero-order valence-electron chi connectivity index (χ0n) is 14.1. The average Bonchev–Trinajstić information content (AvgIpc) is 2.84. The number of hydrogen-bond acceptors (Lipinski definition) is 7. The smallest absolute Gasteiger partial charge is 0.247 e. The second-order valence-electron chi connectivity index (χ2n) is 5.56. The summed E-state index contributed by atoms with van der Waals surface area (Å²) in [5.74, 6) is 1.25. The zero-order chi connectivity index (χ0) is 18.1. The van der Waals surface area contributed by atoms with Gasteiger partial charge in [0, 0.05) is 21.3 Å². The van der Waals surface area contributed by atoms with E-state index in [2.05, 4.69) is 36.4 Å². The average molecular weight is 431 g/mol. The number of thioether (sulfide) groups is 1. The number of hydrogen-bond donors (Lipinski definition) is 1. The Labute approximate surface area is 163 Å². The minimum absolute atomic E-state index is 0.409. The van der Waals surface area contributed by atoms with Crippen molar-refractivity contribution in [3.63, 3.8) is 0 Å². The second kappa shape index (κ2) is 7.13. The largest absolute Gasteiger partial charge is 0.497 e. The third kappa shape index (κ3) is 3.22. The quantitative estimate of drug-likeness (QED) is 0.611. The van der Waals surface area contributed by atoms with Crippen molar-refractivity contribution in [2.24, 2.45) is 0 Å². The van der Waals surface area contributed by atoms with Gasteiger partial charge in [0.1, 0.15) is 5.75 Å². The summed E-state index contributed by atoms with van der Waals surface area (Å²) in [4.78, 5) is 4.52. The van der Waals surface area contributed by atoms with Crippen LogP contribution in [0.25, 0.3) is 11.3 Å². The lowest BCUT2D eigenvalue weighted by Crippen LogP contribution is -2.17. The fraction of sp³-hybridized carbons (Fsp3) is 0.167. The molecule has 0 spiro atoms. The van der Waals surface area contributed by atoms with Gasteiger partial charge in [0.15, 0.2) is 11.9 Å². The van der Waals surface area contributed by atoms with Crippen LogP contribution >= 0.6 is 27.7 Å². The van der Waals surface area contributed by atoms with Crippen LogP contribution in [0.2, 0.25) is 0 Å². The molecule has 1 unspecified atom stereocenters. The summed E-state index contributed by atoms with van der Waals surface area (Å²) in [5, 5.41) is 12.5. The summed E-state index contributed by atoms with van der Waals surface area (Å²) >= 11 is 4.94. The Morgan fingerprint density at radius 3 is 2.69 bits per heavy atom. The molecular formula is C18H15BrN4O2S. The van der Waals surface area contributed by atoms with E-state index in [0.29, 0.717) is 16.7 Å². The van der Waals surface area contributed by atoms with Gasteiger partial charge in [-0.2, -0.15) is 4.98 Å². The van der Waals surface area contributed by atoms with Crippen LogP contribution in [0.1, 0.15) is 11.8 Å². The molecule has 1 atom stereocenters. The number of nitrogens with zero attached hydrogens (tertiary/aromatic N) is 3. The molecule has 6 nitrogen and oxygen atoms in total. The van der Waals surface area contributed by atoms with Crippen molar-refractivity contribution in [2.75, 3.05) is 18.7 Å². The molecule has 2 aromatic carbocycles. The monoisotopic (exact) mass is 430 g/mol. The van der Waals surface area contributed by atoms with Crippen molar-refractivity contribution < 1.29 is 9.47 Å². The molecule has 0 saturated heterocycles. The van der Waals surface area contributed by atoms with Crippen molar-refractivity contribution in [2.45, 2.75) is 11.4 Å². The number of aromatic nitrogens is 3. The summed E-state index contributed by atoms with van der Waals surface area (Å²) in [6.07, 6.45) is 1.50. The minimum atomic E-state index is -0.409. The normalized spacial score (nSPS) is 15.1. The molecule has 0 aliphatic carbocycles. The first-order valence-electron chi connectivity index (χ1n) is 7.83. The highest BCUT2D eigenvalue weighted by molar-refractivity contribution is 9.10. The fourth-order valence-electron chi connectivity index (χ4n) is 2.69. The van der Waals surface area contributed by atoms with Crippen molar-refractivity contribution in [1.29, 1.82) is 0 Å². The van der Waals surface area contributed by atoms with E-state index in [1.807, 2.05) is 48.7 Å². The number of methoxy groups -OCH3 is 1. The number of nitrogens with one attached hydrogen (secondary N) is 1. The summed E-state index contributed by atoms with van der Waals surface area (Å²) < 4.78 is 12.4. The van der Waals surface area contributed by atoms with Crippen LogP contribution in [0.3, 0.4) is 0 Å². The first-order chi connectivity index (χ1) is 12.7. The highest BCUT2D eigenvalue weighted by atomic mass is 79.9. The van der Waals surface area contributed by atoms with Gasteiger partial charge in [-0.3, -0.25) is 0 Å². The summed E-state index contributed by atoms with van der Waals surface area (Å²) in [6, 6.07) is 13.7. The van der Waals surface area contributed by atoms with Crippen molar-refractivity contribution >= 4 is 33.4 Å². The minimum Gasteiger partial charge on any atom is -0.497 e. The van der Waals surface area contributed by atoms with E-state index in [-0.39, 0.29) is 0 Å². The molecule has 0 fully saturated rings. The van der Waals surface area contributed by atoms with E-state index in [4.69, 9.17) is 9.47 Å². The van der Waals surface area contributed by atoms with Crippen LogP contribution in [0, 0.1) is 0 Å². The third-order valence-electron chi connectivity index (χ3n) is 3.99. The molecule has 1 N–H and O–H groups in total. The molecule has 26 heavy (non-hydrogen) atoms. The van der Waals surface area contributed by atoms with Gasteiger partial charge in [0.05, 0.1) is 7.11 Å². The first kappa shape index (κ1) is 17.1. The predicted molar refractivity (Wildman–Crippen MR) is 105 cm³/mol. The van der Waals surface area contributed by atoms with Crippen LogP contribution in [0.4, 0.5) is 5.69 Å². The molecular weight excluding hydrogens is 416 g/mol. The Bertz CT molecular complexity index is 952. The van der Waals surface area contributed by atoms with Gasteiger partial charge < -0.3 is 14.8 Å². The van der Waals surface area contributed by atoms with Gasteiger partial charge in [0.2, 0.25) is 11.0 Å².